The third-order valence-electron chi connectivity index (χ3n) is 1.98. The van der Waals surface area contributed by atoms with Gasteiger partial charge in [0.25, 0.3) is 0 Å². The van der Waals surface area contributed by atoms with E-state index in [1.54, 1.807) is 11.8 Å². The number of nitrogens with one attached hydrogen (secondary N) is 1. The molecule has 0 saturated carbocycles. The lowest BCUT2D eigenvalue weighted by atomic mass is 10.2. The quantitative estimate of drug-likeness (QED) is 0.856. The van der Waals surface area contributed by atoms with Crippen molar-refractivity contribution in [1.82, 2.24) is 0 Å². The number of carbonyl (C=O) groups is 1. The predicted octanol–water partition coefficient (Wildman–Crippen LogP) is 3.23. The van der Waals surface area contributed by atoms with Crippen LogP contribution in [0.25, 0.3) is 0 Å². The van der Waals surface area contributed by atoms with Crippen LogP contribution in [-0.2, 0) is 4.79 Å². The second-order valence-corrected chi connectivity index (χ2v) is 5.51. The monoisotopic (exact) mass is 335 g/mol. The van der Waals surface area contributed by atoms with Gasteiger partial charge in [-0.15, -0.1) is 0 Å². The average molecular weight is 335 g/mol. The minimum absolute atomic E-state index is 0.0549. The molecule has 0 radical (unpaired) electrons. The summed E-state index contributed by atoms with van der Waals surface area (Å²) in [7, 11) is 0. The molecule has 0 saturated heterocycles. The third-order valence-corrected chi connectivity index (χ3v) is 3.53. The first kappa shape index (κ1) is 12.8. The molecule has 2 nitrogen and oxygen atoms in total. The first-order valence-corrected chi connectivity index (χ1v) is 7.16. The van der Waals surface area contributed by atoms with Gasteiger partial charge in [-0.25, -0.2) is 0 Å². The first-order chi connectivity index (χ1) is 7.13. The summed E-state index contributed by atoms with van der Waals surface area (Å²) in [4.78, 5) is 11.7. The zero-order valence-electron chi connectivity index (χ0n) is 8.79. The van der Waals surface area contributed by atoms with E-state index in [1.807, 2.05) is 37.4 Å². The molecule has 0 aliphatic carbocycles. The molecular weight excluding hydrogens is 321 g/mol. The van der Waals surface area contributed by atoms with Crippen LogP contribution in [0.3, 0.4) is 0 Å². The highest BCUT2D eigenvalue weighted by Gasteiger charge is 2.11. The summed E-state index contributed by atoms with van der Waals surface area (Å²) in [6, 6.07) is 7.81. The van der Waals surface area contributed by atoms with Crippen molar-refractivity contribution in [2.75, 3.05) is 17.3 Å². The maximum atomic E-state index is 11.7. The minimum Gasteiger partial charge on any atom is -0.326 e. The van der Waals surface area contributed by atoms with Crippen LogP contribution in [-0.4, -0.2) is 17.9 Å². The van der Waals surface area contributed by atoms with E-state index in [2.05, 4.69) is 27.9 Å². The van der Waals surface area contributed by atoms with E-state index >= 15 is 0 Å². The molecule has 4 heteroatoms. The van der Waals surface area contributed by atoms with Crippen molar-refractivity contribution in [3.63, 3.8) is 0 Å². The average Bonchev–Trinajstić information content (AvgIpc) is 2.22. The van der Waals surface area contributed by atoms with Crippen LogP contribution in [0, 0.1) is 9.49 Å². The van der Waals surface area contributed by atoms with Gasteiger partial charge >= 0.3 is 0 Å². The molecule has 0 aliphatic heterocycles. The molecule has 1 aromatic rings. The van der Waals surface area contributed by atoms with Crippen LogP contribution in [0.4, 0.5) is 5.69 Å². The van der Waals surface area contributed by atoms with Gasteiger partial charge in [0, 0.05) is 20.9 Å². The van der Waals surface area contributed by atoms with Crippen molar-refractivity contribution in [3.05, 3.63) is 27.8 Å². The van der Waals surface area contributed by atoms with Gasteiger partial charge in [0.2, 0.25) is 5.91 Å². The lowest BCUT2D eigenvalue weighted by Crippen LogP contribution is -2.21. The molecule has 1 aromatic carbocycles. The Morgan fingerprint density at radius 2 is 2.07 bits per heavy atom. The normalized spacial score (nSPS) is 12.2. The van der Waals surface area contributed by atoms with Gasteiger partial charge in [-0.3, -0.25) is 4.79 Å². The molecular formula is C11H14INOS. The largest absolute Gasteiger partial charge is 0.326 e. The lowest BCUT2D eigenvalue weighted by molar-refractivity contribution is -0.118. The third kappa shape index (κ3) is 4.42. The fraction of sp³-hybridized carbons (Fsp3) is 0.364. The molecule has 1 rings (SSSR count). The summed E-state index contributed by atoms with van der Waals surface area (Å²) in [6.45, 7) is 1.94. The highest BCUT2D eigenvalue weighted by Crippen LogP contribution is 2.13. The van der Waals surface area contributed by atoms with Crippen LogP contribution in [0.1, 0.15) is 6.92 Å². The molecule has 0 bridgehead atoms. The van der Waals surface area contributed by atoms with E-state index in [0.29, 0.717) is 0 Å². The number of anilines is 1. The van der Waals surface area contributed by atoms with Gasteiger partial charge < -0.3 is 5.32 Å². The maximum Gasteiger partial charge on any atom is 0.228 e. The molecule has 0 spiro atoms. The Kier molecular flexibility index (Phi) is 5.45. The second-order valence-electron chi connectivity index (χ2n) is 3.35. The summed E-state index contributed by atoms with van der Waals surface area (Å²) in [5.41, 5.74) is 0.869. The van der Waals surface area contributed by atoms with E-state index < -0.39 is 0 Å². The topological polar surface area (TPSA) is 29.1 Å². The van der Waals surface area contributed by atoms with Crippen molar-refractivity contribution in [3.8, 4) is 0 Å². The first-order valence-electron chi connectivity index (χ1n) is 4.69. The van der Waals surface area contributed by atoms with E-state index in [-0.39, 0.29) is 11.8 Å². The molecule has 1 unspecified atom stereocenters. The Bertz CT molecular complexity index is 326. The number of benzene rings is 1. The summed E-state index contributed by atoms with van der Waals surface area (Å²) >= 11 is 3.93. The highest BCUT2D eigenvalue weighted by molar-refractivity contribution is 14.1. The molecule has 1 atom stereocenters. The molecule has 82 valence electrons. The number of thioether (sulfide) groups is 1. The van der Waals surface area contributed by atoms with Crippen LogP contribution in [0.5, 0.6) is 0 Å². The number of hydrogen-bond acceptors (Lipinski definition) is 2. The molecule has 0 heterocycles. The van der Waals surface area contributed by atoms with Crippen molar-refractivity contribution >= 4 is 45.9 Å². The Morgan fingerprint density at radius 3 is 2.60 bits per heavy atom. The number of amides is 1. The standard InChI is InChI=1S/C11H14INOS/c1-8(7-15-2)11(14)13-10-5-3-9(12)4-6-10/h3-6,8H,7H2,1-2H3,(H,13,14). The van der Waals surface area contributed by atoms with E-state index in [4.69, 9.17) is 0 Å². The SMILES string of the molecule is CSCC(C)C(=O)Nc1ccc(I)cc1. The van der Waals surface area contributed by atoms with E-state index in [0.717, 1.165) is 11.4 Å². The van der Waals surface area contributed by atoms with Crippen molar-refractivity contribution in [2.45, 2.75) is 6.92 Å². The summed E-state index contributed by atoms with van der Waals surface area (Å²) < 4.78 is 1.17. The van der Waals surface area contributed by atoms with Crippen molar-refractivity contribution < 1.29 is 4.79 Å². The van der Waals surface area contributed by atoms with Gasteiger partial charge in [-0.2, -0.15) is 11.8 Å². The molecule has 15 heavy (non-hydrogen) atoms. The van der Waals surface area contributed by atoms with Gasteiger partial charge in [0.05, 0.1) is 0 Å². The van der Waals surface area contributed by atoms with E-state index in [9.17, 15) is 4.79 Å². The number of rotatable bonds is 4. The fourth-order valence-electron chi connectivity index (χ4n) is 1.12. The molecule has 1 amide bonds. The Labute approximate surface area is 108 Å². The molecule has 0 aliphatic rings. The van der Waals surface area contributed by atoms with Crippen molar-refractivity contribution in [2.24, 2.45) is 5.92 Å². The second kappa shape index (κ2) is 6.37. The summed E-state index contributed by atoms with van der Waals surface area (Å²) in [6.07, 6.45) is 2.01. The zero-order chi connectivity index (χ0) is 11.3. The number of carbonyl (C=O) groups excluding carboxylic acids is 1. The Hall–Kier alpha value is -0.230. The lowest BCUT2D eigenvalue weighted by Gasteiger charge is -2.10. The molecule has 0 fully saturated rings. The van der Waals surface area contributed by atoms with Crippen molar-refractivity contribution in [1.29, 1.82) is 0 Å². The predicted molar refractivity (Wildman–Crippen MR) is 75.3 cm³/mol. The molecule has 1 N–H and O–H groups in total. The van der Waals surface area contributed by atoms with Crippen LogP contribution < -0.4 is 5.32 Å². The Balaban J connectivity index is 2.54. The smallest absolute Gasteiger partial charge is 0.228 e. The number of hydrogen-bond donors (Lipinski definition) is 1. The zero-order valence-corrected chi connectivity index (χ0v) is 11.8. The highest BCUT2D eigenvalue weighted by atomic mass is 127. The van der Waals surface area contributed by atoms with Crippen LogP contribution in [0.2, 0.25) is 0 Å². The minimum atomic E-state index is 0.0549. The van der Waals surface area contributed by atoms with Gasteiger partial charge in [0.15, 0.2) is 0 Å². The van der Waals surface area contributed by atoms with Gasteiger partial charge in [0.1, 0.15) is 0 Å². The van der Waals surface area contributed by atoms with E-state index in [1.165, 1.54) is 3.57 Å². The molecule has 0 aromatic heterocycles. The summed E-state index contributed by atoms with van der Waals surface area (Å²) in [5, 5.41) is 2.90. The Morgan fingerprint density at radius 1 is 1.47 bits per heavy atom. The van der Waals surface area contributed by atoms with Crippen LogP contribution >= 0.6 is 34.4 Å². The van der Waals surface area contributed by atoms with Gasteiger partial charge in [-0.1, -0.05) is 6.92 Å². The summed E-state index contributed by atoms with van der Waals surface area (Å²) in [5.74, 6) is 1.00. The van der Waals surface area contributed by atoms with Gasteiger partial charge in [-0.05, 0) is 53.1 Å². The van der Waals surface area contributed by atoms with Crippen LogP contribution in [0.15, 0.2) is 24.3 Å². The fourth-order valence-corrected chi connectivity index (χ4v) is 2.14. The maximum absolute atomic E-state index is 11.7. The number of halogens is 1.